The Labute approximate surface area is 144 Å². The zero-order valence-corrected chi connectivity index (χ0v) is 14.3. The Kier molecular flexibility index (Phi) is 3.65. The second-order valence-corrected chi connectivity index (χ2v) is 6.42. The van der Waals surface area contributed by atoms with Crippen LogP contribution in [0.2, 0.25) is 0 Å². The molecule has 0 saturated carbocycles. The molecule has 3 heterocycles. The number of hydrogen-bond donors (Lipinski definition) is 1. The van der Waals surface area contributed by atoms with E-state index in [9.17, 15) is 0 Å². The Morgan fingerprint density at radius 3 is 2.72 bits per heavy atom. The Morgan fingerprint density at radius 2 is 2.04 bits per heavy atom. The van der Waals surface area contributed by atoms with E-state index in [1.54, 1.807) is 18.1 Å². The van der Waals surface area contributed by atoms with Gasteiger partial charge in [0.2, 0.25) is 5.95 Å². The van der Waals surface area contributed by atoms with Gasteiger partial charge >= 0.3 is 0 Å². The minimum atomic E-state index is -0.132. The summed E-state index contributed by atoms with van der Waals surface area (Å²) in [5, 5.41) is 11.6. The van der Waals surface area contributed by atoms with E-state index in [4.69, 9.17) is 9.47 Å². The van der Waals surface area contributed by atoms with Gasteiger partial charge in [0.15, 0.2) is 5.82 Å². The van der Waals surface area contributed by atoms with Gasteiger partial charge in [0.25, 0.3) is 5.95 Å². The summed E-state index contributed by atoms with van der Waals surface area (Å²) in [6.07, 6.45) is 1.60. The summed E-state index contributed by atoms with van der Waals surface area (Å²) in [5.74, 6) is 2.47. The molecule has 0 radical (unpaired) electrons. The maximum absolute atomic E-state index is 5.52. The topological polar surface area (TPSA) is 94.0 Å². The molecular weight excluding hydrogens is 322 g/mol. The van der Waals surface area contributed by atoms with Gasteiger partial charge < -0.3 is 14.4 Å². The first-order valence-corrected chi connectivity index (χ1v) is 7.91. The molecule has 0 unspecified atom stereocenters. The number of benzene rings is 1. The van der Waals surface area contributed by atoms with Crippen molar-refractivity contribution in [3.63, 3.8) is 0 Å². The molecule has 3 aromatic rings. The van der Waals surface area contributed by atoms with Gasteiger partial charge in [0, 0.05) is 5.56 Å². The van der Waals surface area contributed by atoms with Gasteiger partial charge in [-0.1, -0.05) is 0 Å². The molecule has 130 valence electrons. The van der Waals surface area contributed by atoms with Crippen molar-refractivity contribution in [1.82, 2.24) is 29.9 Å². The van der Waals surface area contributed by atoms with Gasteiger partial charge in [-0.3, -0.25) is 0 Å². The van der Waals surface area contributed by atoms with Crippen molar-refractivity contribution >= 4 is 5.95 Å². The molecule has 1 aliphatic heterocycles. The van der Waals surface area contributed by atoms with Crippen LogP contribution in [0.15, 0.2) is 30.6 Å². The van der Waals surface area contributed by atoms with Gasteiger partial charge in [-0.2, -0.15) is 9.67 Å². The fraction of sp³-hybridized carbons (Fsp3) is 0.375. The van der Waals surface area contributed by atoms with Crippen molar-refractivity contribution in [3.05, 3.63) is 30.6 Å². The van der Waals surface area contributed by atoms with E-state index in [0.717, 1.165) is 11.3 Å². The predicted molar refractivity (Wildman–Crippen MR) is 90.7 cm³/mol. The Morgan fingerprint density at radius 1 is 1.24 bits per heavy atom. The number of nitrogens with one attached hydrogen (secondary N) is 1. The van der Waals surface area contributed by atoms with E-state index in [1.807, 2.05) is 29.2 Å². The molecule has 9 heteroatoms. The standard InChI is InChI=1S/C16H19N7O2/c1-16(2)8-25-10-22(16)14-18-15(20-19-14)23-9-17-13(21-23)11-4-6-12(24-3)7-5-11/h4-7,9H,8,10H2,1-3H3,(H,18,19,20). The Hall–Kier alpha value is -2.94. The number of hydrogen-bond acceptors (Lipinski definition) is 7. The van der Waals surface area contributed by atoms with E-state index in [-0.39, 0.29) is 5.54 Å². The zero-order valence-electron chi connectivity index (χ0n) is 14.3. The van der Waals surface area contributed by atoms with Gasteiger partial charge in [0.1, 0.15) is 18.8 Å². The van der Waals surface area contributed by atoms with E-state index in [2.05, 4.69) is 39.1 Å². The molecule has 0 aliphatic carbocycles. The molecule has 2 aromatic heterocycles. The summed E-state index contributed by atoms with van der Waals surface area (Å²) in [4.78, 5) is 10.9. The summed E-state index contributed by atoms with van der Waals surface area (Å²) in [6.45, 7) is 5.32. The first-order chi connectivity index (χ1) is 12.1. The van der Waals surface area contributed by atoms with Crippen LogP contribution in [0.25, 0.3) is 17.3 Å². The smallest absolute Gasteiger partial charge is 0.272 e. The normalized spacial score (nSPS) is 16.4. The number of anilines is 1. The maximum atomic E-state index is 5.52. The molecule has 25 heavy (non-hydrogen) atoms. The highest BCUT2D eigenvalue weighted by atomic mass is 16.5. The fourth-order valence-corrected chi connectivity index (χ4v) is 2.69. The van der Waals surface area contributed by atoms with E-state index >= 15 is 0 Å². The number of H-pyrrole nitrogens is 1. The third-order valence-corrected chi connectivity index (χ3v) is 4.17. The molecule has 9 nitrogen and oxygen atoms in total. The SMILES string of the molecule is COc1ccc(-c2ncn(-c3n[nH]c(N4COCC4(C)C)n3)n2)cc1. The van der Waals surface area contributed by atoms with Crippen LogP contribution >= 0.6 is 0 Å². The molecule has 0 amide bonds. The van der Waals surface area contributed by atoms with Gasteiger partial charge in [0.05, 0.1) is 19.3 Å². The van der Waals surface area contributed by atoms with Crippen LogP contribution in [0.4, 0.5) is 5.95 Å². The molecule has 1 saturated heterocycles. The fourth-order valence-electron chi connectivity index (χ4n) is 2.69. The van der Waals surface area contributed by atoms with E-state index in [1.165, 1.54) is 0 Å². The zero-order chi connectivity index (χ0) is 17.4. The Balaban J connectivity index is 1.58. The lowest BCUT2D eigenvalue weighted by Gasteiger charge is -2.27. The number of methoxy groups -OCH3 is 1. The first kappa shape index (κ1) is 15.6. The van der Waals surface area contributed by atoms with Crippen LogP contribution in [0.5, 0.6) is 5.75 Å². The molecule has 0 bridgehead atoms. The largest absolute Gasteiger partial charge is 0.497 e. The van der Waals surface area contributed by atoms with Crippen molar-refractivity contribution in [1.29, 1.82) is 0 Å². The Bertz CT molecular complexity index is 869. The van der Waals surface area contributed by atoms with Crippen LogP contribution in [0.3, 0.4) is 0 Å². The highest BCUT2D eigenvalue weighted by Gasteiger charge is 2.35. The summed E-state index contributed by atoms with van der Waals surface area (Å²) in [7, 11) is 1.63. The second-order valence-electron chi connectivity index (χ2n) is 6.42. The van der Waals surface area contributed by atoms with E-state index in [0.29, 0.717) is 31.1 Å². The predicted octanol–water partition coefficient (Wildman–Crippen LogP) is 1.63. The molecule has 1 aliphatic rings. The van der Waals surface area contributed by atoms with E-state index < -0.39 is 0 Å². The number of aromatic amines is 1. The van der Waals surface area contributed by atoms with Crippen LogP contribution in [-0.2, 0) is 4.74 Å². The van der Waals surface area contributed by atoms with Crippen LogP contribution in [0, 0.1) is 0 Å². The minimum Gasteiger partial charge on any atom is -0.497 e. The van der Waals surface area contributed by atoms with Gasteiger partial charge in [-0.05, 0) is 38.1 Å². The van der Waals surface area contributed by atoms with Gasteiger partial charge in [-0.25, -0.2) is 10.1 Å². The quantitative estimate of drug-likeness (QED) is 0.771. The average molecular weight is 341 g/mol. The molecule has 4 rings (SSSR count). The molecule has 0 spiro atoms. The first-order valence-electron chi connectivity index (χ1n) is 7.91. The molecule has 1 N–H and O–H groups in total. The maximum Gasteiger partial charge on any atom is 0.272 e. The molecule has 0 atom stereocenters. The summed E-state index contributed by atoms with van der Waals surface area (Å²) in [6, 6.07) is 7.56. The highest BCUT2D eigenvalue weighted by Crippen LogP contribution is 2.26. The van der Waals surface area contributed by atoms with Crippen LogP contribution < -0.4 is 9.64 Å². The lowest BCUT2D eigenvalue weighted by Crippen LogP contribution is -2.40. The van der Waals surface area contributed by atoms with Crippen LogP contribution in [-0.4, -0.2) is 55.9 Å². The summed E-state index contributed by atoms with van der Waals surface area (Å²) < 4.78 is 12.2. The van der Waals surface area contributed by atoms with Crippen LogP contribution in [0.1, 0.15) is 13.8 Å². The molecule has 1 aromatic carbocycles. The summed E-state index contributed by atoms with van der Waals surface area (Å²) >= 11 is 0. The van der Waals surface area contributed by atoms with Crippen molar-refractivity contribution in [2.45, 2.75) is 19.4 Å². The monoisotopic (exact) mass is 341 g/mol. The highest BCUT2D eigenvalue weighted by molar-refractivity contribution is 5.55. The van der Waals surface area contributed by atoms with Gasteiger partial charge in [-0.15, -0.1) is 10.2 Å². The van der Waals surface area contributed by atoms with Crippen molar-refractivity contribution in [2.75, 3.05) is 25.3 Å². The number of nitrogens with zero attached hydrogens (tertiary/aromatic N) is 6. The van der Waals surface area contributed by atoms with Crippen molar-refractivity contribution in [3.8, 4) is 23.1 Å². The lowest BCUT2D eigenvalue weighted by atomic mass is 10.1. The number of ether oxygens (including phenoxy) is 2. The number of rotatable bonds is 4. The molecular formula is C16H19N7O2. The second kappa shape index (κ2) is 5.85. The summed E-state index contributed by atoms with van der Waals surface area (Å²) in [5.41, 5.74) is 0.761. The molecule has 1 fully saturated rings. The van der Waals surface area contributed by atoms with Crippen molar-refractivity contribution < 1.29 is 9.47 Å². The average Bonchev–Trinajstić information content (AvgIpc) is 3.33. The number of aromatic nitrogens is 6. The van der Waals surface area contributed by atoms with Crippen molar-refractivity contribution in [2.24, 2.45) is 0 Å². The third-order valence-electron chi connectivity index (χ3n) is 4.17. The minimum absolute atomic E-state index is 0.132. The third kappa shape index (κ3) is 2.82. The lowest BCUT2D eigenvalue weighted by molar-refractivity contribution is 0.184.